The van der Waals surface area contributed by atoms with Crippen LogP contribution in [0.4, 0.5) is 13.2 Å². The summed E-state index contributed by atoms with van der Waals surface area (Å²) in [7, 11) is 0. The molecule has 0 unspecified atom stereocenters. The molecule has 9 heteroatoms. The Morgan fingerprint density at radius 3 is 2.68 bits per heavy atom. The number of nitrogens with zero attached hydrogens (tertiary/aromatic N) is 1. The van der Waals surface area contributed by atoms with Crippen molar-refractivity contribution in [3.05, 3.63) is 47.7 Å². The monoisotopic (exact) mass is 345 g/mol. The molecule has 0 fully saturated rings. The molecule has 0 saturated heterocycles. The molecule has 0 aliphatic heterocycles. The number of rotatable bonds is 4. The summed E-state index contributed by atoms with van der Waals surface area (Å²) < 4.78 is 44.1. The maximum atomic E-state index is 12.9. The van der Waals surface area contributed by atoms with Crippen molar-refractivity contribution in [3.63, 3.8) is 0 Å². The summed E-state index contributed by atoms with van der Waals surface area (Å²) in [5, 5.41) is 4.00. The molecule has 1 aromatic carbocycles. The van der Waals surface area contributed by atoms with Crippen LogP contribution in [0.5, 0.6) is 0 Å². The lowest BCUT2D eigenvalue weighted by molar-refractivity contribution is -0.139. The van der Waals surface area contributed by atoms with Gasteiger partial charge in [-0.25, -0.2) is 0 Å². The van der Waals surface area contributed by atoms with Crippen LogP contribution in [-0.2, 0) is 6.18 Å². The molecule has 2 aromatic rings. The third-order valence-corrected chi connectivity index (χ3v) is 3.46. The van der Waals surface area contributed by atoms with Crippen molar-refractivity contribution in [1.82, 2.24) is 5.43 Å². The molecule has 0 spiro atoms. The van der Waals surface area contributed by atoms with Crippen LogP contribution in [-0.4, -0.2) is 11.3 Å². The van der Waals surface area contributed by atoms with E-state index in [1.54, 1.807) is 12.1 Å². The molecule has 0 saturated carbocycles. The Bertz CT molecular complexity index is 698. The summed E-state index contributed by atoms with van der Waals surface area (Å²) in [6.45, 7) is 0. The van der Waals surface area contributed by atoms with Gasteiger partial charge in [0.2, 0.25) is 0 Å². The standard InChI is InChI=1S/C13H10F3N3OS2/c14-13(15,16)9-3-1-2-4-10(9)22-11-6-5-8(20-11)7-18-19-12(17)21/h1-7H,(H3,17,19,21)/b18-7+. The van der Waals surface area contributed by atoms with Crippen LogP contribution >= 0.6 is 24.0 Å². The number of benzene rings is 1. The average Bonchev–Trinajstić information content (AvgIpc) is 2.85. The highest BCUT2D eigenvalue weighted by Crippen LogP contribution is 2.39. The Balaban J connectivity index is 2.14. The van der Waals surface area contributed by atoms with Gasteiger partial charge in [-0.2, -0.15) is 18.3 Å². The minimum absolute atomic E-state index is 0.00323. The van der Waals surface area contributed by atoms with E-state index in [9.17, 15) is 13.2 Å². The molecular weight excluding hydrogens is 335 g/mol. The van der Waals surface area contributed by atoms with Crippen molar-refractivity contribution in [1.29, 1.82) is 0 Å². The van der Waals surface area contributed by atoms with E-state index < -0.39 is 11.7 Å². The largest absolute Gasteiger partial charge is 0.448 e. The lowest BCUT2D eigenvalue weighted by atomic mass is 10.2. The molecule has 0 atom stereocenters. The van der Waals surface area contributed by atoms with Crippen molar-refractivity contribution >= 4 is 35.3 Å². The first-order valence-corrected chi connectivity index (χ1v) is 7.11. The van der Waals surface area contributed by atoms with Gasteiger partial charge in [-0.3, -0.25) is 5.43 Å². The third kappa shape index (κ3) is 4.50. The third-order valence-electron chi connectivity index (χ3n) is 2.37. The minimum Gasteiger partial charge on any atom is -0.448 e. The fourth-order valence-corrected chi connectivity index (χ4v) is 2.50. The number of thiocarbonyl (C=S) groups is 1. The fourth-order valence-electron chi connectivity index (χ4n) is 1.52. The van der Waals surface area contributed by atoms with E-state index in [0.29, 0.717) is 10.9 Å². The Morgan fingerprint density at radius 2 is 2.00 bits per heavy atom. The number of halogens is 3. The van der Waals surface area contributed by atoms with Crippen molar-refractivity contribution in [2.24, 2.45) is 10.8 Å². The Hall–Kier alpha value is -2.00. The Kier molecular flexibility index (Phi) is 5.09. The summed E-state index contributed by atoms with van der Waals surface area (Å²) in [5.41, 5.74) is 6.83. The number of hydrogen-bond donors (Lipinski definition) is 2. The minimum atomic E-state index is -4.42. The van der Waals surface area contributed by atoms with E-state index in [1.165, 1.54) is 24.4 Å². The van der Waals surface area contributed by atoms with E-state index in [-0.39, 0.29) is 10.0 Å². The second-order valence-electron chi connectivity index (χ2n) is 3.99. The second kappa shape index (κ2) is 6.84. The highest BCUT2D eigenvalue weighted by molar-refractivity contribution is 7.99. The zero-order valence-electron chi connectivity index (χ0n) is 10.9. The van der Waals surface area contributed by atoms with Crippen molar-refractivity contribution < 1.29 is 17.6 Å². The fraction of sp³-hybridized carbons (Fsp3) is 0.0769. The van der Waals surface area contributed by atoms with Gasteiger partial charge in [-0.1, -0.05) is 23.9 Å². The SMILES string of the molecule is NC(=S)N/N=C/c1ccc(Sc2ccccc2C(F)(F)F)o1. The Labute approximate surface area is 133 Å². The summed E-state index contributed by atoms with van der Waals surface area (Å²) in [5.74, 6) is 0.357. The van der Waals surface area contributed by atoms with Crippen LogP contribution in [0.1, 0.15) is 11.3 Å². The van der Waals surface area contributed by atoms with E-state index in [2.05, 4.69) is 22.7 Å². The maximum Gasteiger partial charge on any atom is 0.417 e. The number of furan rings is 1. The van der Waals surface area contributed by atoms with E-state index >= 15 is 0 Å². The first kappa shape index (κ1) is 16.4. The topological polar surface area (TPSA) is 63.5 Å². The molecule has 0 radical (unpaired) electrons. The normalized spacial score (nSPS) is 11.8. The molecule has 116 valence electrons. The first-order chi connectivity index (χ1) is 10.4. The van der Waals surface area contributed by atoms with E-state index in [4.69, 9.17) is 10.2 Å². The molecule has 3 N–H and O–H groups in total. The molecule has 4 nitrogen and oxygen atoms in total. The molecular formula is C13H10F3N3OS2. The molecule has 0 bridgehead atoms. The van der Waals surface area contributed by atoms with Gasteiger partial charge in [-0.05, 0) is 36.5 Å². The highest BCUT2D eigenvalue weighted by atomic mass is 32.2. The van der Waals surface area contributed by atoms with E-state index in [1.807, 2.05) is 0 Å². The van der Waals surface area contributed by atoms with Gasteiger partial charge in [0, 0.05) is 4.90 Å². The van der Waals surface area contributed by atoms with Crippen molar-refractivity contribution in [2.45, 2.75) is 16.2 Å². The number of alkyl halides is 3. The van der Waals surface area contributed by atoms with Crippen LogP contribution in [0.15, 0.2) is 55.9 Å². The van der Waals surface area contributed by atoms with E-state index in [0.717, 1.165) is 17.8 Å². The van der Waals surface area contributed by atoms with Gasteiger partial charge >= 0.3 is 6.18 Å². The highest BCUT2D eigenvalue weighted by Gasteiger charge is 2.33. The number of hydrazone groups is 1. The van der Waals surface area contributed by atoms with Crippen LogP contribution in [0, 0.1) is 0 Å². The van der Waals surface area contributed by atoms with Crippen LogP contribution < -0.4 is 11.2 Å². The first-order valence-electron chi connectivity index (χ1n) is 5.88. The van der Waals surface area contributed by atoms with Crippen molar-refractivity contribution in [3.8, 4) is 0 Å². The summed E-state index contributed by atoms with van der Waals surface area (Å²) in [6, 6.07) is 8.42. The maximum absolute atomic E-state index is 12.9. The molecule has 1 heterocycles. The lowest BCUT2D eigenvalue weighted by Gasteiger charge is -2.10. The summed E-state index contributed by atoms with van der Waals surface area (Å²) in [6.07, 6.45) is -3.10. The van der Waals surface area contributed by atoms with Gasteiger partial charge in [0.15, 0.2) is 10.2 Å². The number of nitrogens with two attached hydrogens (primary N) is 1. The summed E-state index contributed by atoms with van der Waals surface area (Å²) in [4.78, 5) is 0.0640. The molecule has 0 aliphatic carbocycles. The van der Waals surface area contributed by atoms with Crippen LogP contribution in [0.2, 0.25) is 0 Å². The number of nitrogens with one attached hydrogen (secondary N) is 1. The summed E-state index contributed by atoms with van der Waals surface area (Å²) >= 11 is 5.45. The predicted molar refractivity (Wildman–Crippen MR) is 81.8 cm³/mol. The quantitative estimate of drug-likeness (QED) is 0.503. The molecule has 1 aromatic heterocycles. The molecule has 22 heavy (non-hydrogen) atoms. The van der Waals surface area contributed by atoms with Crippen LogP contribution in [0.3, 0.4) is 0 Å². The molecule has 0 amide bonds. The number of hydrogen-bond acceptors (Lipinski definition) is 4. The Morgan fingerprint density at radius 1 is 1.27 bits per heavy atom. The van der Waals surface area contributed by atoms with Gasteiger partial charge < -0.3 is 10.2 Å². The van der Waals surface area contributed by atoms with Crippen molar-refractivity contribution in [2.75, 3.05) is 0 Å². The van der Waals surface area contributed by atoms with Gasteiger partial charge in [0.25, 0.3) is 0 Å². The zero-order chi connectivity index (χ0) is 16.2. The lowest BCUT2D eigenvalue weighted by Crippen LogP contribution is -2.23. The second-order valence-corrected chi connectivity index (χ2v) is 5.47. The molecule has 2 rings (SSSR count). The smallest absolute Gasteiger partial charge is 0.417 e. The average molecular weight is 345 g/mol. The van der Waals surface area contributed by atoms with Gasteiger partial charge in [-0.15, -0.1) is 0 Å². The van der Waals surface area contributed by atoms with Gasteiger partial charge in [0.1, 0.15) is 5.76 Å². The molecule has 0 aliphatic rings. The van der Waals surface area contributed by atoms with Gasteiger partial charge in [0.05, 0.1) is 11.8 Å². The predicted octanol–water partition coefficient (Wildman–Crippen LogP) is 3.62. The zero-order valence-corrected chi connectivity index (χ0v) is 12.6. The van der Waals surface area contributed by atoms with Crippen LogP contribution in [0.25, 0.3) is 0 Å².